The van der Waals surface area contributed by atoms with E-state index in [4.69, 9.17) is 4.74 Å². The number of nitrogens with one attached hydrogen (secondary N) is 1. The summed E-state index contributed by atoms with van der Waals surface area (Å²) in [5.41, 5.74) is 4.60. The van der Waals surface area contributed by atoms with Crippen molar-refractivity contribution in [3.05, 3.63) is 83.9 Å². The molecule has 1 heterocycles. The Hall–Kier alpha value is -2.95. The third-order valence-corrected chi connectivity index (χ3v) is 9.20. The smallest absolute Gasteiger partial charge is 0.264 e. The Labute approximate surface area is 220 Å². The minimum atomic E-state index is -3.98. The number of hydrazone groups is 1. The van der Waals surface area contributed by atoms with E-state index >= 15 is 0 Å². The van der Waals surface area contributed by atoms with Crippen molar-refractivity contribution in [1.82, 2.24) is 5.43 Å². The van der Waals surface area contributed by atoms with Gasteiger partial charge in [-0.15, -0.1) is 11.8 Å². The number of benzene rings is 3. The molecule has 36 heavy (non-hydrogen) atoms. The number of thioether (sulfide) groups is 2. The van der Waals surface area contributed by atoms with E-state index in [0.29, 0.717) is 5.69 Å². The van der Waals surface area contributed by atoms with E-state index in [0.717, 1.165) is 37.6 Å². The quantitative estimate of drug-likeness (QED) is 0.230. The lowest BCUT2D eigenvalue weighted by atomic mass is 10.2. The SMILES string of the molecule is CSc1ccc(S(=O)(=O)N(CC(=O)N/N=C\c2ccc(OC3CSC3)cc2)c2ccc(C)cc2)cc1. The minimum Gasteiger partial charge on any atom is -0.489 e. The van der Waals surface area contributed by atoms with Gasteiger partial charge < -0.3 is 4.74 Å². The fourth-order valence-electron chi connectivity index (χ4n) is 3.35. The van der Waals surface area contributed by atoms with Crippen LogP contribution in [0.25, 0.3) is 0 Å². The molecule has 1 aliphatic rings. The van der Waals surface area contributed by atoms with Crippen LogP contribution in [0.15, 0.2) is 87.7 Å². The zero-order valence-corrected chi connectivity index (χ0v) is 22.4. The average molecular weight is 542 g/mol. The van der Waals surface area contributed by atoms with Crippen LogP contribution in [-0.2, 0) is 14.8 Å². The second-order valence-electron chi connectivity index (χ2n) is 8.16. The van der Waals surface area contributed by atoms with Crippen molar-refractivity contribution in [2.24, 2.45) is 5.10 Å². The van der Waals surface area contributed by atoms with Gasteiger partial charge in [0.1, 0.15) is 18.4 Å². The summed E-state index contributed by atoms with van der Waals surface area (Å²) in [7, 11) is -3.98. The normalized spacial score (nSPS) is 13.8. The van der Waals surface area contributed by atoms with Gasteiger partial charge in [-0.3, -0.25) is 9.10 Å². The first-order valence-electron chi connectivity index (χ1n) is 11.2. The van der Waals surface area contributed by atoms with Gasteiger partial charge in [0.15, 0.2) is 0 Å². The average Bonchev–Trinajstić information content (AvgIpc) is 2.86. The summed E-state index contributed by atoms with van der Waals surface area (Å²) in [5.74, 6) is 2.26. The van der Waals surface area contributed by atoms with E-state index in [2.05, 4.69) is 10.5 Å². The summed E-state index contributed by atoms with van der Waals surface area (Å²) in [6, 6.07) is 21.0. The van der Waals surface area contributed by atoms with Gasteiger partial charge in [-0.2, -0.15) is 16.9 Å². The van der Waals surface area contributed by atoms with Crippen LogP contribution in [0.3, 0.4) is 0 Å². The molecule has 0 radical (unpaired) electrons. The molecule has 1 fully saturated rings. The highest BCUT2D eigenvalue weighted by molar-refractivity contribution is 8.00. The molecule has 1 saturated heterocycles. The largest absolute Gasteiger partial charge is 0.489 e. The van der Waals surface area contributed by atoms with Gasteiger partial charge in [0.05, 0.1) is 16.8 Å². The number of sulfonamides is 1. The van der Waals surface area contributed by atoms with Crippen molar-refractivity contribution in [3.63, 3.8) is 0 Å². The van der Waals surface area contributed by atoms with Crippen molar-refractivity contribution in [1.29, 1.82) is 0 Å². The van der Waals surface area contributed by atoms with E-state index in [1.165, 1.54) is 18.0 Å². The first kappa shape index (κ1) is 26.1. The predicted octanol–water partition coefficient (Wildman–Crippen LogP) is 4.56. The lowest BCUT2D eigenvalue weighted by Crippen LogP contribution is -2.39. The molecule has 0 atom stereocenters. The molecule has 4 rings (SSSR count). The molecule has 3 aromatic carbocycles. The lowest BCUT2D eigenvalue weighted by molar-refractivity contribution is -0.119. The molecule has 1 N–H and O–H groups in total. The molecule has 0 bridgehead atoms. The molecular weight excluding hydrogens is 515 g/mol. The summed E-state index contributed by atoms with van der Waals surface area (Å²) >= 11 is 3.38. The van der Waals surface area contributed by atoms with Crippen LogP contribution in [0.1, 0.15) is 11.1 Å². The highest BCUT2D eigenvalue weighted by Crippen LogP contribution is 2.26. The monoisotopic (exact) mass is 541 g/mol. The number of rotatable bonds is 10. The van der Waals surface area contributed by atoms with Crippen molar-refractivity contribution in [3.8, 4) is 5.75 Å². The Bertz CT molecular complexity index is 1310. The molecule has 3 aromatic rings. The second-order valence-corrected chi connectivity index (χ2v) is 12.0. The van der Waals surface area contributed by atoms with Gasteiger partial charge in [0, 0.05) is 16.4 Å². The Kier molecular flexibility index (Phi) is 8.60. The number of amides is 1. The number of anilines is 1. The zero-order chi connectivity index (χ0) is 25.5. The van der Waals surface area contributed by atoms with Crippen LogP contribution in [0.5, 0.6) is 5.75 Å². The summed E-state index contributed by atoms with van der Waals surface area (Å²) in [5, 5.41) is 4.00. The van der Waals surface area contributed by atoms with Crippen LogP contribution in [0.2, 0.25) is 0 Å². The number of hydrogen-bond donors (Lipinski definition) is 1. The van der Waals surface area contributed by atoms with Crippen molar-refractivity contribution in [2.75, 3.05) is 28.6 Å². The molecule has 1 amide bonds. The number of nitrogens with zero attached hydrogens (tertiary/aromatic N) is 2. The standard InChI is InChI=1S/C26H27N3O4S3/c1-19-3-7-21(8-4-19)29(36(31,32)25-13-11-24(34-2)12-14-25)16-26(30)28-27-15-20-5-9-22(10-6-20)33-23-17-35-18-23/h3-15,23H,16-18H2,1-2H3,(H,28,30)/b27-15-. The summed E-state index contributed by atoms with van der Waals surface area (Å²) in [6.45, 7) is 1.50. The predicted molar refractivity (Wildman–Crippen MR) is 148 cm³/mol. The van der Waals surface area contributed by atoms with E-state index in [-0.39, 0.29) is 11.0 Å². The Morgan fingerprint density at radius 2 is 1.75 bits per heavy atom. The Morgan fingerprint density at radius 3 is 2.33 bits per heavy atom. The van der Waals surface area contributed by atoms with Crippen molar-refractivity contribution in [2.45, 2.75) is 22.8 Å². The molecule has 0 unspecified atom stereocenters. The summed E-state index contributed by atoms with van der Waals surface area (Å²) in [6.07, 6.45) is 3.70. The topological polar surface area (TPSA) is 88.1 Å². The maximum absolute atomic E-state index is 13.5. The zero-order valence-electron chi connectivity index (χ0n) is 20.0. The minimum absolute atomic E-state index is 0.111. The van der Waals surface area contributed by atoms with Crippen molar-refractivity contribution >= 4 is 51.4 Å². The van der Waals surface area contributed by atoms with Crippen LogP contribution in [-0.4, -0.2) is 50.9 Å². The fraction of sp³-hybridized carbons (Fsp3) is 0.231. The molecule has 0 spiro atoms. The van der Waals surface area contributed by atoms with Gasteiger partial charge in [-0.05, 0) is 79.4 Å². The van der Waals surface area contributed by atoms with Crippen LogP contribution in [0, 0.1) is 6.92 Å². The first-order valence-corrected chi connectivity index (χ1v) is 15.1. The molecule has 1 aliphatic heterocycles. The second kappa shape index (κ2) is 11.9. The van der Waals surface area contributed by atoms with Crippen LogP contribution in [0.4, 0.5) is 5.69 Å². The van der Waals surface area contributed by atoms with E-state index in [9.17, 15) is 13.2 Å². The van der Waals surface area contributed by atoms with E-state index in [1.807, 2.05) is 61.3 Å². The van der Waals surface area contributed by atoms with Crippen LogP contribution < -0.4 is 14.5 Å². The number of hydrogen-bond acceptors (Lipinski definition) is 7. The number of carbonyl (C=O) groups is 1. The van der Waals surface area contributed by atoms with Gasteiger partial charge in [0.2, 0.25) is 0 Å². The molecule has 0 aliphatic carbocycles. The Morgan fingerprint density at radius 1 is 1.08 bits per heavy atom. The maximum Gasteiger partial charge on any atom is 0.264 e. The third kappa shape index (κ3) is 6.63. The lowest BCUT2D eigenvalue weighted by Gasteiger charge is -2.25. The van der Waals surface area contributed by atoms with Crippen LogP contribution >= 0.6 is 23.5 Å². The van der Waals surface area contributed by atoms with Gasteiger partial charge in [-0.1, -0.05) is 17.7 Å². The molecule has 188 valence electrons. The Balaban J connectivity index is 1.45. The van der Waals surface area contributed by atoms with E-state index in [1.54, 1.807) is 36.4 Å². The van der Waals surface area contributed by atoms with Gasteiger partial charge in [0.25, 0.3) is 15.9 Å². The van der Waals surface area contributed by atoms with Gasteiger partial charge in [-0.25, -0.2) is 13.8 Å². The number of ether oxygens (including phenoxy) is 1. The summed E-state index contributed by atoms with van der Waals surface area (Å²) in [4.78, 5) is 13.8. The third-order valence-electron chi connectivity index (χ3n) is 5.45. The molecule has 7 nitrogen and oxygen atoms in total. The fourth-order valence-corrected chi connectivity index (χ4v) is 5.75. The van der Waals surface area contributed by atoms with Gasteiger partial charge >= 0.3 is 0 Å². The first-order chi connectivity index (χ1) is 17.3. The van der Waals surface area contributed by atoms with Crippen molar-refractivity contribution < 1.29 is 17.9 Å². The molecule has 0 saturated carbocycles. The molecular formula is C26H27N3O4S3. The maximum atomic E-state index is 13.5. The molecule has 0 aromatic heterocycles. The molecule has 10 heteroatoms. The number of aryl methyl sites for hydroxylation is 1. The summed E-state index contributed by atoms with van der Waals surface area (Å²) < 4.78 is 33.9. The van der Waals surface area contributed by atoms with E-state index < -0.39 is 22.5 Å². The highest BCUT2D eigenvalue weighted by atomic mass is 32.2. The number of carbonyl (C=O) groups excluding carboxylic acids is 1. The highest BCUT2D eigenvalue weighted by Gasteiger charge is 2.27.